The summed E-state index contributed by atoms with van der Waals surface area (Å²) in [4.78, 5) is 22.9. The van der Waals surface area contributed by atoms with Gasteiger partial charge in [0.25, 0.3) is 11.6 Å². The Balaban J connectivity index is 2.09. The van der Waals surface area contributed by atoms with Gasteiger partial charge in [-0.2, -0.15) is 0 Å². The standard InChI is InChI=1S/C16H22N2O3/c1-12-14(10-7-11-15(12)18(20)21)16(19)17-13-8-5-3-2-4-6-9-13/h7,10-11,13H,2-6,8-9H2,1H3,(H,17,19). The van der Waals surface area contributed by atoms with Crippen LogP contribution in [0.2, 0.25) is 0 Å². The number of nitro groups is 1. The van der Waals surface area contributed by atoms with E-state index < -0.39 is 4.92 Å². The van der Waals surface area contributed by atoms with Gasteiger partial charge >= 0.3 is 0 Å². The molecule has 1 aliphatic carbocycles. The molecule has 0 radical (unpaired) electrons. The largest absolute Gasteiger partial charge is 0.349 e. The van der Waals surface area contributed by atoms with Gasteiger partial charge in [0.2, 0.25) is 0 Å². The van der Waals surface area contributed by atoms with Crippen molar-refractivity contribution in [3.63, 3.8) is 0 Å². The molecule has 1 amide bonds. The predicted octanol–water partition coefficient (Wildman–Crippen LogP) is 3.75. The number of benzene rings is 1. The number of nitrogens with zero attached hydrogens (tertiary/aromatic N) is 1. The fraction of sp³-hybridized carbons (Fsp3) is 0.562. The van der Waals surface area contributed by atoms with Crippen LogP contribution in [0.1, 0.15) is 60.9 Å². The number of carbonyl (C=O) groups is 1. The maximum absolute atomic E-state index is 12.4. The van der Waals surface area contributed by atoms with Gasteiger partial charge in [0.1, 0.15) is 0 Å². The second-order valence-corrected chi connectivity index (χ2v) is 5.72. The SMILES string of the molecule is Cc1c(C(=O)NC2CCCCCCC2)cccc1[N+](=O)[O-]. The molecule has 1 aliphatic rings. The van der Waals surface area contributed by atoms with E-state index in [2.05, 4.69) is 5.32 Å². The summed E-state index contributed by atoms with van der Waals surface area (Å²) in [5, 5.41) is 14.0. The zero-order valence-corrected chi connectivity index (χ0v) is 12.4. The van der Waals surface area contributed by atoms with Crippen LogP contribution in [0.25, 0.3) is 0 Å². The summed E-state index contributed by atoms with van der Waals surface area (Å²) in [6, 6.07) is 4.84. The van der Waals surface area contributed by atoms with Crippen molar-refractivity contribution < 1.29 is 9.72 Å². The van der Waals surface area contributed by atoms with E-state index in [0.29, 0.717) is 11.1 Å². The Morgan fingerprint density at radius 3 is 2.43 bits per heavy atom. The van der Waals surface area contributed by atoms with Crippen molar-refractivity contribution in [3.8, 4) is 0 Å². The van der Waals surface area contributed by atoms with E-state index in [1.807, 2.05) is 0 Å². The lowest BCUT2D eigenvalue weighted by atomic mass is 9.96. The molecule has 0 unspecified atom stereocenters. The average Bonchev–Trinajstić information content (AvgIpc) is 2.41. The van der Waals surface area contributed by atoms with Crippen molar-refractivity contribution >= 4 is 11.6 Å². The Hall–Kier alpha value is -1.91. The van der Waals surface area contributed by atoms with Gasteiger partial charge < -0.3 is 5.32 Å². The number of nitrogens with one attached hydrogen (secondary N) is 1. The Labute approximate surface area is 124 Å². The third-order valence-corrected chi connectivity index (χ3v) is 4.19. The molecule has 0 spiro atoms. The van der Waals surface area contributed by atoms with Gasteiger partial charge in [-0.1, -0.05) is 38.2 Å². The van der Waals surface area contributed by atoms with Crippen LogP contribution >= 0.6 is 0 Å². The van der Waals surface area contributed by atoms with Crippen LogP contribution in [0, 0.1) is 17.0 Å². The highest BCUT2D eigenvalue weighted by molar-refractivity contribution is 5.96. The van der Waals surface area contributed by atoms with Crippen LogP contribution in [-0.2, 0) is 0 Å². The summed E-state index contributed by atoms with van der Waals surface area (Å²) >= 11 is 0. The number of nitro benzene ring substituents is 1. The van der Waals surface area contributed by atoms with Gasteiger partial charge in [0, 0.05) is 23.2 Å². The van der Waals surface area contributed by atoms with E-state index in [0.717, 1.165) is 25.7 Å². The van der Waals surface area contributed by atoms with Crippen LogP contribution in [0.4, 0.5) is 5.69 Å². The van der Waals surface area contributed by atoms with Crippen LogP contribution in [0.5, 0.6) is 0 Å². The van der Waals surface area contributed by atoms with Crippen molar-refractivity contribution in [2.24, 2.45) is 0 Å². The number of hydrogen-bond acceptors (Lipinski definition) is 3. The van der Waals surface area contributed by atoms with Gasteiger partial charge in [0.05, 0.1) is 4.92 Å². The van der Waals surface area contributed by atoms with Gasteiger partial charge in [-0.25, -0.2) is 0 Å². The molecule has 5 heteroatoms. The molecule has 0 saturated heterocycles. The normalized spacial score (nSPS) is 16.8. The molecule has 2 rings (SSSR count). The fourth-order valence-corrected chi connectivity index (χ4v) is 2.93. The Morgan fingerprint density at radius 1 is 1.19 bits per heavy atom. The summed E-state index contributed by atoms with van der Waals surface area (Å²) in [7, 11) is 0. The number of amides is 1. The molecule has 0 heterocycles. The number of hydrogen-bond donors (Lipinski definition) is 1. The van der Waals surface area contributed by atoms with Crippen molar-refractivity contribution in [2.75, 3.05) is 0 Å². The Kier molecular flexibility index (Phi) is 5.31. The topological polar surface area (TPSA) is 72.2 Å². The van der Waals surface area contributed by atoms with Gasteiger partial charge in [-0.15, -0.1) is 0 Å². The van der Waals surface area contributed by atoms with Crippen molar-refractivity contribution in [1.82, 2.24) is 5.32 Å². The van der Waals surface area contributed by atoms with Gasteiger partial charge in [-0.05, 0) is 25.8 Å². The molecule has 1 N–H and O–H groups in total. The Morgan fingerprint density at radius 2 is 1.81 bits per heavy atom. The monoisotopic (exact) mass is 290 g/mol. The van der Waals surface area contributed by atoms with E-state index in [1.54, 1.807) is 19.1 Å². The summed E-state index contributed by atoms with van der Waals surface area (Å²) < 4.78 is 0. The molecule has 0 atom stereocenters. The second kappa shape index (κ2) is 7.20. The first-order valence-electron chi connectivity index (χ1n) is 7.64. The van der Waals surface area contributed by atoms with E-state index in [1.165, 1.54) is 25.3 Å². The van der Waals surface area contributed by atoms with Crippen LogP contribution in [0.3, 0.4) is 0 Å². The highest BCUT2D eigenvalue weighted by Gasteiger charge is 2.20. The number of carbonyl (C=O) groups excluding carboxylic acids is 1. The van der Waals surface area contributed by atoms with Crippen molar-refractivity contribution in [1.29, 1.82) is 0 Å². The molecule has 5 nitrogen and oxygen atoms in total. The summed E-state index contributed by atoms with van der Waals surface area (Å²) in [5.41, 5.74) is 0.845. The van der Waals surface area contributed by atoms with E-state index in [9.17, 15) is 14.9 Å². The molecule has 1 aromatic rings. The lowest BCUT2D eigenvalue weighted by molar-refractivity contribution is -0.385. The van der Waals surface area contributed by atoms with Crippen molar-refractivity contribution in [3.05, 3.63) is 39.4 Å². The summed E-state index contributed by atoms with van der Waals surface area (Å²) in [6.07, 6.45) is 8.01. The minimum Gasteiger partial charge on any atom is -0.349 e. The lowest BCUT2D eigenvalue weighted by Gasteiger charge is -2.21. The fourth-order valence-electron chi connectivity index (χ4n) is 2.93. The molecular formula is C16H22N2O3. The molecule has 114 valence electrons. The molecule has 1 saturated carbocycles. The molecule has 0 bridgehead atoms. The highest BCUT2D eigenvalue weighted by atomic mass is 16.6. The molecule has 1 fully saturated rings. The molecule has 1 aromatic carbocycles. The van der Waals surface area contributed by atoms with E-state index in [4.69, 9.17) is 0 Å². The number of rotatable bonds is 3. The van der Waals surface area contributed by atoms with Crippen LogP contribution in [0.15, 0.2) is 18.2 Å². The van der Waals surface area contributed by atoms with E-state index in [-0.39, 0.29) is 17.6 Å². The van der Waals surface area contributed by atoms with Gasteiger partial charge in [0.15, 0.2) is 0 Å². The molecule has 0 aliphatic heterocycles. The predicted molar refractivity (Wildman–Crippen MR) is 81.4 cm³/mol. The van der Waals surface area contributed by atoms with Crippen LogP contribution < -0.4 is 5.32 Å². The zero-order valence-electron chi connectivity index (χ0n) is 12.4. The zero-order chi connectivity index (χ0) is 15.2. The smallest absolute Gasteiger partial charge is 0.273 e. The molecular weight excluding hydrogens is 268 g/mol. The maximum atomic E-state index is 12.4. The van der Waals surface area contributed by atoms with Crippen LogP contribution in [-0.4, -0.2) is 16.9 Å². The first kappa shape index (κ1) is 15.5. The third-order valence-electron chi connectivity index (χ3n) is 4.19. The van der Waals surface area contributed by atoms with E-state index >= 15 is 0 Å². The second-order valence-electron chi connectivity index (χ2n) is 5.72. The lowest BCUT2D eigenvalue weighted by Crippen LogP contribution is -2.35. The van der Waals surface area contributed by atoms with Crippen molar-refractivity contribution in [2.45, 2.75) is 57.9 Å². The average molecular weight is 290 g/mol. The first-order chi connectivity index (χ1) is 10.1. The maximum Gasteiger partial charge on any atom is 0.273 e. The third kappa shape index (κ3) is 4.03. The minimum absolute atomic E-state index is 0.000293. The molecule has 21 heavy (non-hydrogen) atoms. The molecule has 0 aromatic heterocycles. The quantitative estimate of drug-likeness (QED) is 0.680. The summed E-state index contributed by atoms with van der Waals surface area (Å²) in [6.45, 7) is 1.63. The Bertz CT molecular complexity index is 520. The highest BCUT2D eigenvalue weighted by Crippen LogP contribution is 2.22. The summed E-state index contributed by atoms with van der Waals surface area (Å²) in [5.74, 6) is -0.193. The minimum atomic E-state index is -0.443. The first-order valence-corrected chi connectivity index (χ1v) is 7.64. The van der Waals surface area contributed by atoms with Gasteiger partial charge in [-0.3, -0.25) is 14.9 Å².